The molecule has 2 nitrogen and oxygen atoms in total. The van der Waals surface area contributed by atoms with Gasteiger partial charge in [0.15, 0.2) is 0 Å². The minimum absolute atomic E-state index is 0.0778. The summed E-state index contributed by atoms with van der Waals surface area (Å²) < 4.78 is 0. The fraction of sp³-hybridized carbons (Fsp3) is 0.714. The highest BCUT2D eigenvalue weighted by Gasteiger charge is 2.60. The fourth-order valence-corrected chi connectivity index (χ4v) is 8.38. The summed E-state index contributed by atoms with van der Waals surface area (Å²) >= 11 is 0. The van der Waals surface area contributed by atoms with Crippen LogP contribution in [-0.4, -0.2) is 25.3 Å². The Hall–Kier alpha value is -1.28. The molecule has 0 radical (unpaired) electrons. The van der Waals surface area contributed by atoms with Gasteiger partial charge in [-0.1, -0.05) is 44.9 Å². The molecule has 4 saturated carbocycles. The van der Waals surface area contributed by atoms with E-state index in [1.165, 1.54) is 68.2 Å². The summed E-state index contributed by atoms with van der Waals surface area (Å²) in [6.45, 7) is 5.05. The summed E-state index contributed by atoms with van der Waals surface area (Å²) in [6.07, 6.45) is 14.3. The largest absolute Gasteiger partial charge is 0.388 e. The van der Waals surface area contributed by atoms with Crippen LogP contribution in [0.1, 0.15) is 77.2 Å². The van der Waals surface area contributed by atoms with Gasteiger partial charge in [-0.2, -0.15) is 0 Å². The molecule has 164 valence electrons. The average molecular weight is 408 g/mol. The van der Waals surface area contributed by atoms with Gasteiger partial charge in [-0.05, 0) is 97.3 Å². The van der Waals surface area contributed by atoms with E-state index < -0.39 is 0 Å². The maximum atomic E-state index is 11.5. The van der Waals surface area contributed by atoms with Crippen LogP contribution in [0.3, 0.4) is 0 Å². The Balaban J connectivity index is 1.41. The molecule has 30 heavy (non-hydrogen) atoms. The highest BCUT2D eigenvalue weighted by Crippen LogP contribution is 2.67. The normalized spacial score (nSPS) is 44.3. The summed E-state index contributed by atoms with van der Waals surface area (Å²) in [5.74, 6) is 3.34. The third kappa shape index (κ3) is 3.08. The van der Waals surface area contributed by atoms with Crippen LogP contribution in [0, 0.1) is 34.5 Å². The van der Waals surface area contributed by atoms with Gasteiger partial charge in [-0.25, -0.2) is 0 Å². The molecule has 1 aromatic rings. The average Bonchev–Trinajstić information content (AvgIpc) is 2.98. The molecule has 0 unspecified atom stereocenters. The topological polar surface area (TPSA) is 23.5 Å². The second-order valence-corrected chi connectivity index (χ2v) is 11.8. The summed E-state index contributed by atoms with van der Waals surface area (Å²) in [4.78, 5) is 2.14. The Kier molecular flexibility index (Phi) is 5.08. The van der Waals surface area contributed by atoms with Gasteiger partial charge in [0.05, 0.1) is 6.10 Å². The van der Waals surface area contributed by atoms with Crippen LogP contribution in [0.4, 0.5) is 5.69 Å². The number of rotatable bonds is 2. The van der Waals surface area contributed by atoms with E-state index in [-0.39, 0.29) is 11.5 Å². The van der Waals surface area contributed by atoms with Gasteiger partial charge >= 0.3 is 0 Å². The van der Waals surface area contributed by atoms with Gasteiger partial charge in [0.1, 0.15) is 0 Å². The molecule has 0 saturated heterocycles. The van der Waals surface area contributed by atoms with Gasteiger partial charge in [0, 0.05) is 25.2 Å². The van der Waals surface area contributed by atoms with Gasteiger partial charge in [-0.3, -0.25) is 0 Å². The predicted octanol–water partition coefficient (Wildman–Crippen LogP) is 6.54. The van der Waals surface area contributed by atoms with E-state index in [0.29, 0.717) is 11.3 Å². The van der Waals surface area contributed by atoms with E-state index in [1.807, 2.05) is 0 Å². The molecule has 0 heterocycles. The number of hydrogen-bond donors (Lipinski definition) is 1. The van der Waals surface area contributed by atoms with E-state index in [4.69, 9.17) is 0 Å². The summed E-state index contributed by atoms with van der Waals surface area (Å²) in [5, 5.41) is 11.5. The van der Waals surface area contributed by atoms with E-state index in [0.717, 1.165) is 24.2 Å². The van der Waals surface area contributed by atoms with E-state index in [2.05, 4.69) is 63.2 Å². The minimum Gasteiger partial charge on any atom is -0.388 e. The van der Waals surface area contributed by atoms with Crippen LogP contribution in [0.25, 0.3) is 6.08 Å². The molecule has 0 aliphatic heterocycles. The molecular weight excluding hydrogens is 366 g/mol. The van der Waals surface area contributed by atoms with Crippen molar-refractivity contribution in [3.05, 3.63) is 35.4 Å². The molecule has 0 amide bonds. The second kappa shape index (κ2) is 7.40. The van der Waals surface area contributed by atoms with Gasteiger partial charge in [0.25, 0.3) is 0 Å². The number of aliphatic hydroxyl groups is 1. The van der Waals surface area contributed by atoms with Crippen molar-refractivity contribution < 1.29 is 5.11 Å². The van der Waals surface area contributed by atoms with E-state index >= 15 is 0 Å². The fourth-order valence-electron chi connectivity index (χ4n) is 8.38. The molecule has 4 fully saturated rings. The van der Waals surface area contributed by atoms with Crippen molar-refractivity contribution >= 4 is 11.8 Å². The number of fused-ring (bicyclic) bond motifs is 5. The Labute approximate surface area is 183 Å². The monoisotopic (exact) mass is 407 g/mol. The standard InChI is InChI=1S/C28H41NO/c1-27-15-6-5-7-21(27)10-13-23-24(27)14-16-28(2)25(23)18-20(26(28)30)17-19-8-11-22(12-9-19)29(3)4/h8-9,11-12,17,21,23-26,30H,5-7,10,13-16,18H2,1-4H3/b20-17+/t21-,23+,24-,25-,26-,27-,28-/m0/s1. The highest BCUT2D eigenvalue weighted by atomic mass is 16.3. The number of anilines is 1. The van der Waals surface area contributed by atoms with Crippen LogP contribution in [0.2, 0.25) is 0 Å². The SMILES string of the molecule is CN(C)c1ccc(/C=C2\C[C@H]3[C@@H]4CC[C@@H]5CCCC[C@]5(C)[C@H]4CC[C@]3(C)[C@H]2O)cc1. The zero-order valence-electron chi connectivity index (χ0n) is 19.5. The van der Waals surface area contributed by atoms with Crippen molar-refractivity contribution in [2.75, 3.05) is 19.0 Å². The zero-order valence-corrected chi connectivity index (χ0v) is 19.5. The molecule has 0 aromatic heterocycles. The first-order chi connectivity index (χ1) is 14.3. The second-order valence-electron chi connectivity index (χ2n) is 11.8. The predicted molar refractivity (Wildman–Crippen MR) is 126 cm³/mol. The summed E-state index contributed by atoms with van der Waals surface area (Å²) in [7, 11) is 4.16. The van der Waals surface area contributed by atoms with Crippen molar-refractivity contribution in [3.63, 3.8) is 0 Å². The third-order valence-electron chi connectivity index (χ3n) is 10.2. The first-order valence-electron chi connectivity index (χ1n) is 12.5. The molecule has 1 aromatic carbocycles. The third-order valence-corrected chi connectivity index (χ3v) is 10.2. The highest BCUT2D eigenvalue weighted by molar-refractivity contribution is 5.59. The lowest BCUT2D eigenvalue weighted by molar-refractivity contribution is -0.119. The quantitative estimate of drug-likeness (QED) is 0.602. The van der Waals surface area contributed by atoms with Crippen LogP contribution in [0.5, 0.6) is 0 Å². The van der Waals surface area contributed by atoms with Crippen LogP contribution >= 0.6 is 0 Å². The van der Waals surface area contributed by atoms with Crippen LogP contribution in [0.15, 0.2) is 29.8 Å². The Bertz CT molecular complexity index is 810. The lowest BCUT2D eigenvalue weighted by atomic mass is 9.45. The Morgan fingerprint density at radius 3 is 2.40 bits per heavy atom. The first-order valence-corrected chi connectivity index (χ1v) is 12.5. The number of hydrogen-bond acceptors (Lipinski definition) is 2. The van der Waals surface area contributed by atoms with E-state index in [9.17, 15) is 5.11 Å². The smallest absolute Gasteiger partial charge is 0.0809 e. The molecule has 5 rings (SSSR count). The molecule has 2 heteroatoms. The minimum atomic E-state index is -0.270. The maximum absolute atomic E-state index is 11.5. The van der Waals surface area contributed by atoms with E-state index in [1.54, 1.807) is 0 Å². The lowest BCUT2D eigenvalue weighted by Crippen LogP contribution is -2.53. The Morgan fingerprint density at radius 1 is 0.900 bits per heavy atom. The van der Waals surface area contributed by atoms with Crippen molar-refractivity contribution in [2.24, 2.45) is 34.5 Å². The summed E-state index contributed by atoms with van der Waals surface area (Å²) in [6, 6.07) is 8.78. The van der Waals surface area contributed by atoms with Crippen LogP contribution < -0.4 is 4.90 Å². The number of aliphatic hydroxyl groups excluding tert-OH is 1. The van der Waals surface area contributed by atoms with Crippen molar-refractivity contribution in [2.45, 2.75) is 77.7 Å². The maximum Gasteiger partial charge on any atom is 0.0809 e. The van der Waals surface area contributed by atoms with Crippen molar-refractivity contribution in [1.29, 1.82) is 0 Å². The molecule has 0 bridgehead atoms. The molecular formula is C28H41NO. The number of benzene rings is 1. The lowest BCUT2D eigenvalue weighted by Gasteiger charge is -2.60. The molecule has 7 atom stereocenters. The van der Waals surface area contributed by atoms with Crippen LogP contribution in [-0.2, 0) is 0 Å². The molecule has 4 aliphatic carbocycles. The van der Waals surface area contributed by atoms with Crippen molar-refractivity contribution in [1.82, 2.24) is 0 Å². The van der Waals surface area contributed by atoms with Gasteiger partial charge in [-0.15, -0.1) is 0 Å². The summed E-state index contributed by atoms with van der Waals surface area (Å²) in [5.41, 5.74) is 4.40. The number of nitrogens with zero attached hydrogens (tertiary/aromatic N) is 1. The van der Waals surface area contributed by atoms with Crippen molar-refractivity contribution in [3.8, 4) is 0 Å². The molecule has 4 aliphatic rings. The molecule has 0 spiro atoms. The van der Waals surface area contributed by atoms with Gasteiger partial charge < -0.3 is 10.0 Å². The first kappa shape index (κ1) is 20.6. The zero-order chi connectivity index (χ0) is 21.1. The molecule has 1 N–H and O–H groups in total. The Morgan fingerprint density at radius 2 is 1.67 bits per heavy atom. The van der Waals surface area contributed by atoms with Gasteiger partial charge in [0.2, 0.25) is 0 Å².